The highest BCUT2D eigenvalue weighted by atomic mass is 32.2. The highest BCUT2D eigenvalue weighted by Crippen LogP contribution is 2.32. The Morgan fingerprint density at radius 2 is 2.29 bits per heavy atom. The monoisotopic (exact) mass is 257 g/mol. The number of nitrogens with two attached hydrogens (primary N) is 1. The first kappa shape index (κ1) is 14.1. The Morgan fingerprint density at radius 1 is 1.59 bits per heavy atom. The molecule has 1 aromatic rings. The van der Waals surface area contributed by atoms with E-state index >= 15 is 0 Å². The van der Waals surface area contributed by atoms with E-state index in [0.29, 0.717) is 12.2 Å². The number of ether oxygens (including phenoxy) is 1. The molecule has 1 aromatic heterocycles. The highest BCUT2D eigenvalue weighted by Gasteiger charge is 2.20. The van der Waals surface area contributed by atoms with Gasteiger partial charge in [-0.15, -0.1) is 11.8 Å². The van der Waals surface area contributed by atoms with Gasteiger partial charge in [0.25, 0.3) is 0 Å². The molecule has 5 heteroatoms. The van der Waals surface area contributed by atoms with Gasteiger partial charge in [0.1, 0.15) is 11.5 Å². The van der Waals surface area contributed by atoms with Crippen LogP contribution in [0.4, 0.5) is 0 Å². The number of rotatable bonds is 6. The van der Waals surface area contributed by atoms with Gasteiger partial charge in [0, 0.05) is 11.8 Å². The minimum atomic E-state index is -0.198. The van der Waals surface area contributed by atoms with Crippen molar-refractivity contribution in [3.63, 3.8) is 0 Å². The molecule has 2 atom stereocenters. The van der Waals surface area contributed by atoms with Crippen molar-refractivity contribution in [3.05, 3.63) is 23.7 Å². The van der Waals surface area contributed by atoms with Crippen LogP contribution in [-0.4, -0.2) is 24.9 Å². The summed E-state index contributed by atoms with van der Waals surface area (Å²) in [4.78, 5) is 11.0. The number of hydrogen-bond donors (Lipinski definition) is 1. The molecule has 0 aromatic carbocycles. The molecule has 2 unspecified atom stereocenters. The number of methoxy groups -OCH3 is 1. The van der Waals surface area contributed by atoms with E-state index in [1.54, 1.807) is 11.8 Å². The molecule has 0 aliphatic carbocycles. The van der Waals surface area contributed by atoms with Crippen LogP contribution in [0.25, 0.3) is 0 Å². The van der Waals surface area contributed by atoms with Crippen LogP contribution in [0.2, 0.25) is 0 Å². The molecule has 1 heterocycles. The van der Waals surface area contributed by atoms with E-state index in [4.69, 9.17) is 10.2 Å². The quantitative estimate of drug-likeness (QED) is 0.792. The Labute approximate surface area is 106 Å². The van der Waals surface area contributed by atoms with Gasteiger partial charge < -0.3 is 14.9 Å². The summed E-state index contributed by atoms with van der Waals surface area (Å²) in [5.74, 6) is 2.22. The molecule has 1 rings (SSSR count). The number of furan rings is 1. The van der Waals surface area contributed by atoms with Gasteiger partial charge in [0.15, 0.2) is 0 Å². The van der Waals surface area contributed by atoms with Crippen LogP contribution in [0.1, 0.15) is 30.1 Å². The lowest BCUT2D eigenvalue weighted by molar-refractivity contribution is -0.140. The van der Waals surface area contributed by atoms with Gasteiger partial charge in [-0.05, 0) is 26.0 Å². The van der Waals surface area contributed by atoms with Crippen LogP contribution >= 0.6 is 11.8 Å². The maximum absolute atomic E-state index is 11.0. The largest absolute Gasteiger partial charge is 0.469 e. The predicted octanol–water partition coefficient (Wildman–Crippen LogP) is 2.27. The molecule has 0 aliphatic heterocycles. The summed E-state index contributed by atoms with van der Waals surface area (Å²) in [6.45, 7) is 3.84. The first-order valence-corrected chi connectivity index (χ1v) is 6.59. The van der Waals surface area contributed by atoms with E-state index in [0.717, 1.165) is 11.5 Å². The number of thioether (sulfide) groups is 1. The maximum Gasteiger partial charge on any atom is 0.306 e. The number of carbonyl (C=O) groups is 1. The van der Waals surface area contributed by atoms with Crippen LogP contribution < -0.4 is 5.73 Å². The topological polar surface area (TPSA) is 65.5 Å². The van der Waals surface area contributed by atoms with Crippen molar-refractivity contribution in [3.8, 4) is 0 Å². The average Bonchev–Trinajstić information content (AvgIpc) is 2.70. The molecule has 0 spiro atoms. The Bertz CT molecular complexity index is 362. The Kier molecular flexibility index (Phi) is 5.58. The molecule has 2 N–H and O–H groups in total. The summed E-state index contributed by atoms with van der Waals surface area (Å²) in [7, 11) is 1.39. The second-order valence-electron chi connectivity index (χ2n) is 3.93. The van der Waals surface area contributed by atoms with E-state index in [9.17, 15) is 4.79 Å². The Balaban J connectivity index is 2.53. The summed E-state index contributed by atoms with van der Waals surface area (Å²) in [5.41, 5.74) is 5.93. The van der Waals surface area contributed by atoms with Crippen LogP contribution in [0.3, 0.4) is 0 Å². The molecule has 0 saturated heterocycles. The third kappa shape index (κ3) is 4.44. The highest BCUT2D eigenvalue weighted by molar-refractivity contribution is 7.99. The first-order valence-electron chi connectivity index (χ1n) is 5.55. The van der Waals surface area contributed by atoms with Crippen molar-refractivity contribution >= 4 is 17.7 Å². The predicted molar refractivity (Wildman–Crippen MR) is 68.9 cm³/mol. The number of hydrogen-bond acceptors (Lipinski definition) is 5. The van der Waals surface area contributed by atoms with E-state index in [1.165, 1.54) is 7.11 Å². The van der Waals surface area contributed by atoms with Crippen molar-refractivity contribution in [1.29, 1.82) is 0 Å². The molecule has 96 valence electrons. The van der Waals surface area contributed by atoms with E-state index < -0.39 is 0 Å². The molecule has 0 saturated carbocycles. The number of carbonyl (C=O) groups excluding carboxylic acids is 1. The average molecular weight is 257 g/mol. The second kappa shape index (κ2) is 6.71. The lowest BCUT2D eigenvalue weighted by atomic mass is 10.2. The number of aryl methyl sites for hydroxylation is 1. The summed E-state index contributed by atoms with van der Waals surface area (Å²) in [5, 5.41) is 0.0772. The van der Waals surface area contributed by atoms with Crippen LogP contribution in [-0.2, 0) is 9.53 Å². The van der Waals surface area contributed by atoms with Gasteiger partial charge in [-0.2, -0.15) is 0 Å². The second-order valence-corrected chi connectivity index (χ2v) is 5.17. The van der Waals surface area contributed by atoms with E-state index in [1.807, 2.05) is 26.0 Å². The zero-order valence-corrected chi connectivity index (χ0v) is 11.3. The fraction of sp³-hybridized carbons (Fsp3) is 0.583. The summed E-state index contributed by atoms with van der Waals surface area (Å²) < 4.78 is 10.2. The molecule has 0 amide bonds. The molecule has 17 heavy (non-hydrogen) atoms. The zero-order chi connectivity index (χ0) is 12.8. The number of esters is 1. The van der Waals surface area contributed by atoms with Gasteiger partial charge in [-0.3, -0.25) is 4.79 Å². The maximum atomic E-state index is 11.0. The lowest BCUT2D eigenvalue weighted by Crippen LogP contribution is -2.22. The van der Waals surface area contributed by atoms with Gasteiger partial charge in [0.05, 0.1) is 18.8 Å². The molecule has 0 bridgehead atoms. The van der Waals surface area contributed by atoms with Gasteiger partial charge in [-0.1, -0.05) is 0 Å². The van der Waals surface area contributed by atoms with Crippen molar-refractivity contribution in [2.24, 2.45) is 5.73 Å². The summed E-state index contributed by atoms with van der Waals surface area (Å²) in [6.07, 6.45) is 0.393. The fourth-order valence-electron chi connectivity index (χ4n) is 1.47. The summed E-state index contributed by atoms with van der Waals surface area (Å²) >= 11 is 1.62. The van der Waals surface area contributed by atoms with Crippen LogP contribution in [0.5, 0.6) is 0 Å². The van der Waals surface area contributed by atoms with Crippen LogP contribution in [0, 0.1) is 6.92 Å². The lowest BCUT2D eigenvalue weighted by Gasteiger charge is -2.17. The first-order chi connectivity index (χ1) is 8.04. The fourth-order valence-corrected chi connectivity index (χ4v) is 2.60. The third-order valence-corrected chi connectivity index (χ3v) is 3.81. The molecule has 0 fully saturated rings. The Morgan fingerprint density at radius 3 is 2.76 bits per heavy atom. The molecule has 0 radical (unpaired) electrons. The van der Waals surface area contributed by atoms with Crippen molar-refractivity contribution in [2.75, 3.05) is 12.9 Å². The normalized spacial score (nSPS) is 14.4. The standard InChI is InChI=1S/C12H19NO3S/c1-8-4-5-10(16-8)12(9(2)13)17-7-6-11(14)15-3/h4-5,9,12H,6-7,13H2,1-3H3. The van der Waals surface area contributed by atoms with Crippen molar-refractivity contribution < 1.29 is 13.9 Å². The van der Waals surface area contributed by atoms with Crippen LogP contribution in [0.15, 0.2) is 16.5 Å². The van der Waals surface area contributed by atoms with Crippen molar-refractivity contribution in [1.82, 2.24) is 0 Å². The molecular formula is C12H19NO3S. The van der Waals surface area contributed by atoms with E-state index in [-0.39, 0.29) is 17.3 Å². The molecule has 4 nitrogen and oxygen atoms in total. The minimum Gasteiger partial charge on any atom is -0.469 e. The SMILES string of the molecule is COC(=O)CCSC(c1ccc(C)o1)C(C)N. The molecular weight excluding hydrogens is 238 g/mol. The van der Waals surface area contributed by atoms with Crippen molar-refractivity contribution in [2.45, 2.75) is 31.6 Å². The Hall–Kier alpha value is -0.940. The van der Waals surface area contributed by atoms with E-state index in [2.05, 4.69) is 4.74 Å². The van der Waals surface area contributed by atoms with Gasteiger partial charge in [0.2, 0.25) is 0 Å². The molecule has 0 aliphatic rings. The van der Waals surface area contributed by atoms with Gasteiger partial charge >= 0.3 is 5.97 Å². The zero-order valence-electron chi connectivity index (χ0n) is 10.4. The summed E-state index contributed by atoms with van der Waals surface area (Å²) in [6, 6.07) is 3.84. The third-order valence-electron chi connectivity index (χ3n) is 2.35. The smallest absolute Gasteiger partial charge is 0.306 e. The van der Waals surface area contributed by atoms with Gasteiger partial charge in [-0.25, -0.2) is 0 Å². The minimum absolute atomic E-state index is 0.0248.